The van der Waals surface area contributed by atoms with E-state index >= 15 is 0 Å². The number of carbonyl (C=O) groups excluding carboxylic acids is 1. The van der Waals surface area contributed by atoms with Crippen molar-refractivity contribution in [2.45, 2.75) is 24.1 Å². The molecule has 1 aliphatic carbocycles. The summed E-state index contributed by atoms with van der Waals surface area (Å²) in [4.78, 5) is 15.0. The van der Waals surface area contributed by atoms with Crippen LogP contribution in [0.2, 0.25) is 0 Å². The molecule has 0 unspecified atom stereocenters. The fourth-order valence-electron chi connectivity index (χ4n) is 2.66. The minimum absolute atomic E-state index is 0.0240. The predicted octanol–water partition coefficient (Wildman–Crippen LogP) is 4.17. The number of alkyl halides is 1. The number of fused-ring (bicyclic) bond motifs is 1. The van der Waals surface area contributed by atoms with E-state index in [1.807, 2.05) is 6.07 Å². The van der Waals surface area contributed by atoms with Crippen molar-refractivity contribution in [3.8, 4) is 11.5 Å². The summed E-state index contributed by atoms with van der Waals surface area (Å²) in [7, 11) is 1.57. The second-order valence-electron chi connectivity index (χ2n) is 5.43. The third kappa shape index (κ3) is 2.61. The van der Waals surface area contributed by atoms with Gasteiger partial charge in [0.15, 0.2) is 0 Å². The number of aromatic nitrogens is 1. The van der Waals surface area contributed by atoms with Crippen molar-refractivity contribution in [1.82, 2.24) is 4.98 Å². The molecule has 2 N–H and O–H groups in total. The zero-order valence-electron chi connectivity index (χ0n) is 12.7. The van der Waals surface area contributed by atoms with Gasteiger partial charge in [-0.15, -0.1) is 0 Å². The minimum atomic E-state index is -0.643. The first kappa shape index (κ1) is 16.3. The second kappa shape index (κ2) is 5.79. The van der Waals surface area contributed by atoms with E-state index in [1.54, 1.807) is 20.1 Å². The van der Waals surface area contributed by atoms with Crippen LogP contribution in [0, 0.1) is 4.64 Å². The lowest BCUT2D eigenvalue weighted by atomic mass is 10.0. The Morgan fingerprint density at radius 3 is 2.74 bits per heavy atom. The fraction of sp³-hybridized carbons (Fsp3) is 0.375. The van der Waals surface area contributed by atoms with Crippen molar-refractivity contribution in [2.75, 3.05) is 13.7 Å². The Bertz CT molecular complexity index is 857. The molecule has 2 aromatic rings. The molecular formula is C16H16BrNO4S. The number of aromatic hydroxyl groups is 1. The van der Waals surface area contributed by atoms with Gasteiger partial charge in [0.2, 0.25) is 0 Å². The van der Waals surface area contributed by atoms with Gasteiger partial charge in [0.25, 0.3) is 0 Å². The summed E-state index contributed by atoms with van der Waals surface area (Å²) < 4.78 is 10.5. The number of pyridine rings is 1. The topological polar surface area (TPSA) is 71.6 Å². The van der Waals surface area contributed by atoms with E-state index in [0.29, 0.717) is 16.7 Å². The molecule has 7 heteroatoms. The van der Waals surface area contributed by atoms with Gasteiger partial charge in [-0.3, -0.25) is 0 Å². The van der Waals surface area contributed by atoms with E-state index in [-0.39, 0.29) is 26.9 Å². The zero-order valence-corrected chi connectivity index (χ0v) is 15.1. The van der Waals surface area contributed by atoms with Crippen molar-refractivity contribution < 1.29 is 19.4 Å². The summed E-state index contributed by atoms with van der Waals surface area (Å²) >= 11 is 8.95. The van der Waals surface area contributed by atoms with Crippen LogP contribution in [-0.2, 0) is 9.06 Å². The van der Waals surface area contributed by atoms with E-state index in [1.165, 1.54) is 0 Å². The van der Waals surface area contributed by atoms with Crippen LogP contribution in [0.4, 0.5) is 0 Å². The highest BCUT2D eigenvalue weighted by atomic mass is 79.9. The first-order valence-corrected chi connectivity index (χ1v) is 8.45. The summed E-state index contributed by atoms with van der Waals surface area (Å²) in [5, 5.41) is 11.0. The van der Waals surface area contributed by atoms with Crippen molar-refractivity contribution in [2.24, 2.45) is 0 Å². The Hall–Kier alpha value is -1.60. The summed E-state index contributed by atoms with van der Waals surface area (Å²) in [6, 6.07) is 3.66. The molecule has 5 nitrogen and oxygen atoms in total. The van der Waals surface area contributed by atoms with E-state index in [4.69, 9.17) is 21.7 Å². The maximum absolute atomic E-state index is 12.0. The molecule has 1 saturated carbocycles. The van der Waals surface area contributed by atoms with Gasteiger partial charge >= 0.3 is 5.97 Å². The molecule has 0 spiro atoms. The summed E-state index contributed by atoms with van der Waals surface area (Å²) in [6.45, 7) is 1.91. The van der Waals surface area contributed by atoms with Crippen LogP contribution in [0.5, 0.6) is 11.5 Å². The Balaban J connectivity index is 2.28. The van der Waals surface area contributed by atoms with Gasteiger partial charge in [-0.05, 0) is 25.8 Å². The fourth-order valence-corrected chi connectivity index (χ4v) is 3.45. The lowest BCUT2D eigenvalue weighted by Gasteiger charge is -2.16. The van der Waals surface area contributed by atoms with Crippen LogP contribution < -0.4 is 4.74 Å². The van der Waals surface area contributed by atoms with Gasteiger partial charge in [-0.2, -0.15) is 0 Å². The number of H-pyrrole nitrogens is 1. The first-order chi connectivity index (χ1) is 10.9. The molecule has 0 atom stereocenters. The number of hydrogen-bond acceptors (Lipinski definition) is 5. The van der Waals surface area contributed by atoms with Crippen molar-refractivity contribution in [1.29, 1.82) is 0 Å². The Morgan fingerprint density at radius 1 is 1.48 bits per heavy atom. The number of halogens is 1. The smallest absolute Gasteiger partial charge is 0.344 e. The van der Waals surface area contributed by atoms with E-state index in [2.05, 4.69) is 20.9 Å². The predicted molar refractivity (Wildman–Crippen MR) is 93.1 cm³/mol. The molecule has 1 heterocycles. The molecule has 0 aliphatic heterocycles. The number of ether oxygens (including phenoxy) is 2. The van der Waals surface area contributed by atoms with E-state index < -0.39 is 5.97 Å². The minimum Gasteiger partial charge on any atom is -0.506 e. The van der Waals surface area contributed by atoms with E-state index in [9.17, 15) is 9.90 Å². The number of carbonyl (C=O) groups is 1. The third-order valence-corrected chi connectivity index (χ3v) is 5.50. The highest BCUT2D eigenvalue weighted by Gasteiger charge is 2.44. The van der Waals surface area contributed by atoms with Gasteiger partial charge in [-0.25, -0.2) is 4.79 Å². The SMILES string of the molecule is CCOC(=O)c1c(O)c2ccc(C3(Br)CC3)c(OC)c2[nH]c1=S. The average Bonchev–Trinajstić information content (AvgIpc) is 3.25. The molecule has 1 aromatic carbocycles. The van der Waals surface area contributed by atoms with Crippen molar-refractivity contribution in [3.63, 3.8) is 0 Å². The third-order valence-electron chi connectivity index (χ3n) is 3.97. The van der Waals surface area contributed by atoms with Crippen LogP contribution in [0.1, 0.15) is 35.7 Å². The summed E-state index contributed by atoms with van der Waals surface area (Å²) in [5.41, 5.74) is 1.55. The molecule has 0 radical (unpaired) electrons. The first-order valence-electron chi connectivity index (χ1n) is 7.25. The summed E-state index contributed by atoms with van der Waals surface area (Å²) in [5.74, 6) is -0.212. The lowest BCUT2D eigenvalue weighted by Crippen LogP contribution is -2.08. The van der Waals surface area contributed by atoms with Crippen molar-refractivity contribution in [3.05, 3.63) is 27.9 Å². The number of aromatic amines is 1. The number of benzene rings is 1. The molecule has 1 aromatic heterocycles. The number of methoxy groups -OCH3 is 1. The van der Waals surface area contributed by atoms with Crippen LogP contribution in [-0.4, -0.2) is 29.8 Å². The van der Waals surface area contributed by atoms with Crippen LogP contribution in [0.3, 0.4) is 0 Å². The highest BCUT2D eigenvalue weighted by Crippen LogP contribution is 2.57. The molecule has 3 rings (SSSR count). The zero-order chi connectivity index (χ0) is 16.8. The highest BCUT2D eigenvalue weighted by molar-refractivity contribution is 9.09. The molecule has 1 fully saturated rings. The average molecular weight is 398 g/mol. The number of esters is 1. The standard InChI is InChI=1S/C16H16BrNO4S/c1-3-22-15(20)10-12(19)8-4-5-9(16(17)6-7-16)13(21-2)11(8)18-14(10)23/h4-5H,3,6-7H2,1-2H3,(H2,18,19,23). The number of hydrogen-bond donors (Lipinski definition) is 2. The second-order valence-corrected chi connectivity index (χ2v) is 7.36. The lowest BCUT2D eigenvalue weighted by molar-refractivity contribution is 0.0522. The van der Waals surface area contributed by atoms with Crippen LogP contribution in [0.25, 0.3) is 10.9 Å². The van der Waals surface area contributed by atoms with Crippen molar-refractivity contribution >= 4 is 45.0 Å². The Morgan fingerprint density at radius 2 is 2.17 bits per heavy atom. The quantitative estimate of drug-likeness (QED) is 0.460. The molecule has 1 aliphatic rings. The summed E-state index contributed by atoms with van der Waals surface area (Å²) in [6.07, 6.45) is 2.03. The molecular weight excluding hydrogens is 382 g/mol. The maximum Gasteiger partial charge on any atom is 0.344 e. The van der Waals surface area contributed by atoms with Gasteiger partial charge in [-0.1, -0.05) is 34.2 Å². The Labute approximate surface area is 146 Å². The van der Waals surface area contributed by atoms with Gasteiger partial charge in [0.05, 0.1) is 23.6 Å². The van der Waals surface area contributed by atoms with Crippen LogP contribution >= 0.6 is 28.1 Å². The van der Waals surface area contributed by atoms with Crippen LogP contribution in [0.15, 0.2) is 12.1 Å². The molecule has 23 heavy (non-hydrogen) atoms. The van der Waals surface area contributed by atoms with Gasteiger partial charge in [0.1, 0.15) is 21.7 Å². The molecule has 122 valence electrons. The van der Waals surface area contributed by atoms with E-state index in [0.717, 1.165) is 18.4 Å². The van der Waals surface area contributed by atoms with Gasteiger partial charge < -0.3 is 19.6 Å². The number of nitrogens with one attached hydrogen (secondary N) is 1. The number of rotatable bonds is 4. The normalized spacial score (nSPS) is 15.4. The monoisotopic (exact) mass is 397 g/mol. The Kier molecular flexibility index (Phi) is 4.10. The maximum atomic E-state index is 12.0. The van der Waals surface area contributed by atoms with Gasteiger partial charge in [0, 0.05) is 10.9 Å². The molecule has 0 bridgehead atoms. The molecule has 0 amide bonds. The largest absolute Gasteiger partial charge is 0.506 e. The molecule has 0 saturated heterocycles.